The molecule has 0 saturated carbocycles. The molecule has 0 aromatic carbocycles. The topological polar surface area (TPSA) is 73.2 Å². The van der Waals surface area contributed by atoms with E-state index in [1.165, 1.54) is 18.0 Å². The Kier molecular flexibility index (Phi) is 4.06. The third-order valence-electron chi connectivity index (χ3n) is 2.03. The monoisotopic (exact) mass is 247 g/mol. The standard InChI is InChI=1S/C9H17N3O3S/c1-7(6-15-4)11-16(13,14)9-5-12(3)10-8(9)2/h5,7,11H,6H2,1-4H3. The summed E-state index contributed by atoms with van der Waals surface area (Å²) in [7, 11) is -0.292. The largest absolute Gasteiger partial charge is 0.383 e. The molecule has 1 unspecified atom stereocenters. The van der Waals surface area contributed by atoms with Gasteiger partial charge >= 0.3 is 0 Å². The number of sulfonamides is 1. The Bertz CT molecular complexity index is 453. The van der Waals surface area contributed by atoms with E-state index in [4.69, 9.17) is 4.74 Å². The maximum Gasteiger partial charge on any atom is 0.244 e. The van der Waals surface area contributed by atoms with Crippen molar-refractivity contribution in [3.05, 3.63) is 11.9 Å². The van der Waals surface area contributed by atoms with E-state index in [0.29, 0.717) is 12.3 Å². The molecule has 0 bridgehead atoms. The predicted octanol–water partition coefficient (Wildman–Crippen LogP) is 0.0417. The molecule has 1 N–H and O–H groups in total. The van der Waals surface area contributed by atoms with Gasteiger partial charge in [0.05, 0.1) is 12.3 Å². The fraction of sp³-hybridized carbons (Fsp3) is 0.667. The second-order valence-electron chi connectivity index (χ2n) is 3.73. The first kappa shape index (κ1) is 13.1. The summed E-state index contributed by atoms with van der Waals surface area (Å²) < 4.78 is 32.7. The van der Waals surface area contributed by atoms with Gasteiger partial charge in [-0.15, -0.1) is 0 Å². The van der Waals surface area contributed by atoms with Crippen molar-refractivity contribution in [2.75, 3.05) is 13.7 Å². The van der Waals surface area contributed by atoms with Crippen LogP contribution in [0, 0.1) is 6.92 Å². The van der Waals surface area contributed by atoms with Crippen LogP contribution in [0.25, 0.3) is 0 Å². The smallest absolute Gasteiger partial charge is 0.244 e. The summed E-state index contributed by atoms with van der Waals surface area (Å²) in [5.74, 6) is 0. The molecule has 0 saturated heterocycles. The minimum absolute atomic E-state index is 0.206. The molecule has 1 atom stereocenters. The Balaban J connectivity index is 2.90. The molecule has 92 valence electrons. The van der Waals surface area contributed by atoms with Gasteiger partial charge in [-0.3, -0.25) is 4.68 Å². The third-order valence-corrected chi connectivity index (χ3v) is 3.72. The molecule has 0 amide bonds. The maximum absolute atomic E-state index is 11.9. The van der Waals surface area contributed by atoms with E-state index in [2.05, 4.69) is 9.82 Å². The summed E-state index contributed by atoms with van der Waals surface area (Å²) in [6.07, 6.45) is 1.48. The summed E-state index contributed by atoms with van der Waals surface area (Å²) in [4.78, 5) is 0.206. The molecule has 1 rings (SSSR count). The zero-order valence-corrected chi connectivity index (χ0v) is 10.7. The van der Waals surface area contributed by atoms with Crippen molar-refractivity contribution in [1.29, 1.82) is 0 Å². The van der Waals surface area contributed by atoms with Gasteiger partial charge in [0.25, 0.3) is 0 Å². The third kappa shape index (κ3) is 3.03. The Morgan fingerprint density at radius 2 is 2.25 bits per heavy atom. The molecule has 0 spiro atoms. The van der Waals surface area contributed by atoms with Crippen LogP contribution in [-0.4, -0.2) is 38.0 Å². The average molecular weight is 247 g/mol. The van der Waals surface area contributed by atoms with Crippen LogP contribution in [0.5, 0.6) is 0 Å². The second-order valence-corrected chi connectivity index (χ2v) is 5.41. The van der Waals surface area contributed by atoms with Crippen molar-refractivity contribution in [2.24, 2.45) is 7.05 Å². The van der Waals surface area contributed by atoms with E-state index in [1.54, 1.807) is 20.9 Å². The van der Waals surface area contributed by atoms with Gasteiger partial charge in [-0.1, -0.05) is 0 Å². The minimum Gasteiger partial charge on any atom is -0.383 e. The SMILES string of the molecule is COCC(C)NS(=O)(=O)c1cn(C)nc1C. The first-order valence-corrected chi connectivity index (χ1v) is 6.36. The molecule has 16 heavy (non-hydrogen) atoms. The van der Waals surface area contributed by atoms with Gasteiger partial charge in [-0.05, 0) is 13.8 Å². The molecule has 0 aliphatic carbocycles. The quantitative estimate of drug-likeness (QED) is 0.797. The molecular weight excluding hydrogens is 230 g/mol. The lowest BCUT2D eigenvalue weighted by Gasteiger charge is -2.12. The van der Waals surface area contributed by atoms with Crippen LogP contribution in [0.1, 0.15) is 12.6 Å². The van der Waals surface area contributed by atoms with Crippen LogP contribution in [0.4, 0.5) is 0 Å². The second kappa shape index (κ2) is 4.94. The van der Waals surface area contributed by atoms with Crippen molar-refractivity contribution in [3.8, 4) is 0 Å². The summed E-state index contributed by atoms with van der Waals surface area (Å²) in [5, 5.41) is 4.00. The lowest BCUT2D eigenvalue weighted by molar-refractivity contribution is 0.180. The molecule has 0 radical (unpaired) electrons. The Hall–Kier alpha value is -0.920. The number of rotatable bonds is 5. The molecule has 1 heterocycles. The van der Waals surface area contributed by atoms with E-state index in [0.717, 1.165) is 0 Å². The van der Waals surface area contributed by atoms with Crippen LogP contribution < -0.4 is 4.72 Å². The fourth-order valence-electron chi connectivity index (χ4n) is 1.45. The van der Waals surface area contributed by atoms with Gasteiger partial charge in [0.2, 0.25) is 10.0 Å². The van der Waals surface area contributed by atoms with Crippen LogP contribution >= 0.6 is 0 Å². The number of ether oxygens (including phenoxy) is 1. The molecular formula is C9H17N3O3S. The summed E-state index contributed by atoms with van der Waals surface area (Å²) >= 11 is 0. The van der Waals surface area contributed by atoms with Gasteiger partial charge in [-0.25, -0.2) is 13.1 Å². The number of hydrogen-bond acceptors (Lipinski definition) is 4. The van der Waals surface area contributed by atoms with Gasteiger partial charge in [0.15, 0.2) is 0 Å². The highest BCUT2D eigenvalue weighted by molar-refractivity contribution is 7.89. The van der Waals surface area contributed by atoms with Crippen molar-refractivity contribution >= 4 is 10.0 Å². The van der Waals surface area contributed by atoms with Gasteiger partial charge < -0.3 is 4.74 Å². The van der Waals surface area contributed by atoms with E-state index >= 15 is 0 Å². The van der Waals surface area contributed by atoms with Gasteiger partial charge in [-0.2, -0.15) is 5.10 Å². The highest BCUT2D eigenvalue weighted by Crippen LogP contribution is 2.12. The molecule has 6 nitrogen and oxygen atoms in total. The number of methoxy groups -OCH3 is 1. The Labute approximate surface area is 95.7 Å². The highest BCUT2D eigenvalue weighted by Gasteiger charge is 2.21. The zero-order chi connectivity index (χ0) is 12.3. The van der Waals surface area contributed by atoms with Crippen molar-refractivity contribution in [1.82, 2.24) is 14.5 Å². The number of nitrogens with one attached hydrogen (secondary N) is 1. The predicted molar refractivity (Wildman–Crippen MR) is 59.6 cm³/mol. The molecule has 1 aromatic rings. The Morgan fingerprint density at radius 1 is 1.62 bits per heavy atom. The molecule has 7 heteroatoms. The summed E-state index contributed by atoms with van der Waals surface area (Å²) in [6.45, 7) is 3.74. The number of aryl methyl sites for hydroxylation is 2. The van der Waals surface area contributed by atoms with E-state index in [1.807, 2.05) is 0 Å². The van der Waals surface area contributed by atoms with Gasteiger partial charge in [0.1, 0.15) is 4.90 Å². The molecule has 0 fully saturated rings. The summed E-state index contributed by atoms with van der Waals surface area (Å²) in [6, 6.07) is -0.269. The summed E-state index contributed by atoms with van der Waals surface area (Å²) in [5.41, 5.74) is 0.486. The number of nitrogens with zero attached hydrogens (tertiary/aromatic N) is 2. The van der Waals surface area contributed by atoms with Crippen LogP contribution in [0.15, 0.2) is 11.1 Å². The minimum atomic E-state index is -3.50. The zero-order valence-electron chi connectivity index (χ0n) is 9.89. The van der Waals surface area contributed by atoms with Crippen LogP contribution in [0.3, 0.4) is 0 Å². The van der Waals surface area contributed by atoms with Crippen LogP contribution in [-0.2, 0) is 21.8 Å². The number of hydrogen-bond donors (Lipinski definition) is 1. The molecule has 0 aliphatic heterocycles. The first-order chi connectivity index (χ1) is 7.36. The van der Waals surface area contributed by atoms with Crippen molar-refractivity contribution in [3.63, 3.8) is 0 Å². The van der Waals surface area contributed by atoms with E-state index in [9.17, 15) is 8.42 Å². The fourth-order valence-corrected chi connectivity index (χ4v) is 2.90. The normalized spacial score (nSPS) is 14.0. The lowest BCUT2D eigenvalue weighted by atomic mass is 10.4. The number of aromatic nitrogens is 2. The van der Waals surface area contributed by atoms with Crippen molar-refractivity contribution < 1.29 is 13.2 Å². The van der Waals surface area contributed by atoms with Crippen molar-refractivity contribution in [2.45, 2.75) is 24.8 Å². The van der Waals surface area contributed by atoms with Crippen LogP contribution in [0.2, 0.25) is 0 Å². The molecule has 0 aliphatic rings. The maximum atomic E-state index is 11.9. The first-order valence-electron chi connectivity index (χ1n) is 4.88. The van der Waals surface area contributed by atoms with E-state index in [-0.39, 0.29) is 10.9 Å². The van der Waals surface area contributed by atoms with Gasteiger partial charge in [0, 0.05) is 26.4 Å². The highest BCUT2D eigenvalue weighted by atomic mass is 32.2. The molecule has 1 aromatic heterocycles. The van der Waals surface area contributed by atoms with E-state index < -0.39 is 10.0 Å². The average Bonchev–Trinajstić information content (AvgIpc) is 2.45. The lowest BCUT2D eigenvalue weighted by Crippen LogP contribution is -2.35. The Morgan fingerprint density at radius 3 is 2.69 bits per heavy atom.